The van der Waals surface area contributed by atoms with Gasteiger partial charge in [-0.15, -0.1) is 0 Å². The Hall–Kier alpha value is -0.790. The van der Waals surface area contributed by atoms with Crippen molar-refractivity contribution in [2.45, 2.75) is 53.1 Å². The molecule has 0 N–H and O–H groups in total. The van der Waals surface area contributed by atoms with Crippen molar-refractivity contribution < 1.29 is 9.53 Å². The molecule has 0 spiro atoms. The van der Waals surface area contributed by atoms with Crippen LogP contribution in [0.4, 0.5) is 0 Å². The minimum Gasteiger partial charge on any atom is -0.458 e. The molecule has 2 saturated carbocycles. The Labute approximate surface area is 104 Å². The molecule has 2 nitrogen and oxygen atoms in total. The van der Waals surface area contributed by atoms with Crippen LogP contribution in [0.5, 0.6) is 0 Å². The zero-order chi connectivity index (χ0) is 12.8. The SMILES string of the molecule is C=C1C(OC(=O)CC(C)C)CC2(C(C)C)CC12. The van der Waals surface area contributed by atoms with Crippen molar-refractivity contribution in [3.63, 3.8) is 0 Å². The van der Waals surface area contributed by atoms with E-state index in [0.29, 0.717) is 29.6 Å². The number of ether oxygens (including phenoxy) is 1. The molecule has 3 unspecified atom stereocenters. The highest BCUT2D eigenvalue weighted by Gasteiger charge is 2.64. The van der Waals surface area contributed by atoms with E-state index in [2.05, 4.69) is 20.4 Å². The summed E-state index contributed by atoms with van der Waals surface area (Å²) in [6, 6.07) is 0. The third-order valence-electron chi connectivity index (χ3n) is 4.54. The lowest BCUT2D eigenvalue weighted by molar-refractivity contribution is -0.148. The molecule has 96 valence electrons. The molecule has 17 heavy (non-hydrogen) atoms. The molecule has 0 saturated heterocycles. The number of fused-ring (bicyclic) bond motifs is 1. The second-order valence-corrected chi connectivity index (χ2v) is 6.50. The summed E-state index contributed by atoms with van der Waals surface area (Å²) < 4.78 is 5.57. The first-order valence-corrected chi connectivity index (χ1v) is 6.75. The van der Waals surface area contributed by atoms with Gasteiger partial charge < -0.3 is 4.74 Å². The van der Waals surface area contributed by atoms with E-state index in [4.69, 9.17) is 4.74 Å². The van der Waals surface area contributed by atoms with Gasteiger partial charge >= 0.3 is 5.97 Å². The van der Waals surface area contributed by atoms with Crippen LogP contribution in [-0.4, -0.2) is 12.1 Å². The molecule has 0 aliphatic heterocycles. The lowest BCUT2D eigenvalue weighted by Crippen LogP contribution is -2.21. The molecule has 0 aromatic carbocycles. The summed E-state index contributed by atoms with van der Waals surface area (Å²) in [5.41, 5.74) is 1.57. The molecule has 0 heterocycles. The van der Waals surface area contributed by atoms with Gasteiger partial charge in [0.25, 0.3) is 0 Å². The summed E-state index contributed by atoms with van der Waals surface area (Å²) >= 11 is 0. The van der Waals surface area contributed by atoms with Crippen LogP contribution in [-0.2, 0) is 9.53 Å². The van der Waals surface area contributed by atoms with Gasteiger partial charge in [0.05, 0.1) is 0 Å². The van der Waals surface area contributed by atoms with Crippen LogP contribution < -0.4 is 0 Å². The molecule has 0 aromatic rings. The van der Waals surface area contributed by atoms with Gasteiger partial charge in [-0.2, -0.15) is 0 Å². The van der Waals surface area contributed by atoms with Crippen molar-refractivity contribution in [3.8, 4) is 0 Å². The highest BCUT2D eigenvalue weighted by Crippen LogP contribution is 2.69. The standard InChI is InChI=1S/C15H24O2/c1-9(2)6-14(16)17-13-8-15(10(3)4)7-12(15)11(13)5/h9-10,12-13H,5-8H2,1-4H3. The zero-order valence-electron chi connectivity index (χ0n) is 11.5. The van der Waals surface area contributed by atoms with E-state index in [1.165, 1.54) is 6.42 Å². The summed E-state index contributed by atoms with van der Waals surface area (Å²) in [5, 5.41) is 0. The first kappa shape index (κ1) is 12.7. The maximum absolute atomic E-state index is 11.7. The molecule has 2 aliphatic rings. The van der Waals surface area contributed by atoms with Gasteiger partial charge in [0.15, 0.2) is 0 Å². The molecule has 0 radical (unpaired) electrons. The number of hydrogen-bond donors (Lipinski definition) is 0. The average Bonchev–Trinajstić information content (AvgIpc) is 2.84. The monoisotopic (exact) mass is 236 g/mol. The molecule has 3 atom stereocenters. The van der Waals surface area contributed by atoms with E-state index in [1.54, 1.807) is 0 Å². The topological polar surface area (TPSA) is 26.3 Å². The molecule has 2 aliphatic carbocycles. The Morgan fingerprint density at radius 1 is 1.41 bits per heavy atom. The zero-order valence-corrected chi connectivity index (χ0v) is 11.5. The number of esters is 1. The van der Waals surface area contributed by atoms with Crippen molar-refractivity contribution in [2.75, 3.05) is 0 Å². The number of hydrogen-bond acceptors (Lipinski definition) is 2. The minimum absolute atomic E-state index is 0.0117. The van der Waals surface area contributed by atoms with Crippen LogP contribution in [0.25, 0.3) is 0 Å². The number of carbonyl (C=O) groups excluding carboxylic acids is 1. The lowest BCUT2D eigenvalue weighted by Gasteiger charge is -2.20. The van der Waals surface area contributed by atoms with Crippen LogP contribution in [0.2, 0.25) is 0 Å². The van der Waals surface area contributed by atoms with Crippen LogP contribution in [0.3, 0.4) is 0 Å². The molecule has 2 fully saturated rings. The Morgan fingerprint density at radius 2 is 2.06 bits per heavy atom. The van der Waals surface area contributed by atoms with Crippen molar-refractivity contribution >= 4 is 5.97 Å². The van der Waals surface area contributed by atoms with E-state index in [0.717, 1.165) is 12.0 Å². The van der Waals surface area contributed by atoms with E-state index >= 15 is 0 Å². The number of rotatable bonds is 4. The Balaban J connectivity index is 1.93. The predicted molar refractivity (Wildman–Crippen MR) is 68.5 cm³/mol. The first-order valence-electron chi connectivity index (χ1n) is 6.75. The summed E-state index contributed by atoms with van der Waals surface area (Å²) in [6.45, 7) is 12.8. The van der Waals surface area contributed by atoms with Crippen LogP contribution in [0.1, 0.15) is 47.0 Å². The molecular weight excluding hydrogens is 212 g/mol. The summed E-state index contributed by atoms with van der Waals surface area (Å²) in [5.74, 6) is 1.58. The second kappa shape index (κ2) is 4.15. The van der Waals surface area contributed by atoms with Gasteiger partial charge in [0.1, 0.15) is 6.10 Å². The number of carbonyl (C=O) groups is 1. The first-order chi connectivity index (χ1) is 7.86. The second-order valence-electron chi connectivity index (χ2n) is 6.50. The fourth-order valence-corrected chi connectivity index (χ4v) is 3.28. The van der Waals surface area contributed by atoms with Gasteiger partial charge in [-0.3, -0.25) is 4.79 Å². The highest BCUT2D eigenvalue weighted by atomic mass is 16.5. The van der Waals surface area contributed by atoms with Crippen LogP contribution in [0, 0.1) is 23.2 Å². The summed E-state index contributed by atoms with van der Waals surface area (Å²) in [4.78, 5) is 11.7. The maximum Gasteiger partial charge on any atom is 0.306 e. The third-order valence-corrected chi connectivity index (χ3v) is 4.54. The van der Waals surface area contributed by atoms with Crippen molar-refractivity contribution in [1.82, 2.24) is 0 Å². The van der Waals surface area contributed by atoms with E-state index < -0.39 is 0 Å². The molecule has 0 bridgehead atoms. The van der Waals surface area contributed by atoms with Crippen LogP contribution in [0.15, 0.2) is 12.2 Å². The van der Waals surface area contributed by atoms with Crippen molar-refractivity contribution in [1.29, 1.82) is 0 Å². The average molecular weight is 236 g/mol. The molecular formula is C15H24O2. The fraction of sp³-hybridized carbons (Fsp3) is 0.800. The smallest absolute Gasteiger partial charge is 0.306 e. The molecule has 2 heteroatoms. The normalized spacial score (nSPS) is 35.3. The van der Waals surface area contributed by atoms with Crippen molar-refractivity contribution in [3.05, 3.63) is 12.2 Å². The van der Waals surface area contributed by atoms with Gasteiger partial charge in [-0.1, -0.05) is 34.3 Å². The predicted octanol–water partition coefficient (Wildman–Crippen LogP) is 3.57. The lowest BCUT2D eigenvalue weighted by atomic mass is 9.89. The molecule has 2 rings (SSSR count). The van der Waals surface area contributed by atoms with Crippen molar-refractivity contribution in [2.24, 2.45) is 23.2 Å². The van der Waals surface area contributed by atoms with E-state index in [9.17, 15) is 4.79 Å². The largest absolute Gasteiger partial charge is 0.458 e. The third kappa shape index (κ3) is 2.14. The van der Waals surface area contributed by atoms with Gasteiger partial charge in [0.2, 0.25) is 0 Å². The molecule has 0 aromatic heterocycles. The Bertz CT molecular complexity index is 343. The van der Waals surface area contributed by atoms with Gasteiger partial charge in [-0.25, -0.2) is 0 Å². The van der Waals surface area contributed by atoms with E-state index in [1.807, 2.05) is 13.8 Å². The van der Waals surface area contributed by atoms with Gasteiger partial charge in [-0.05, 0) is 41.6 Å². The maximum atomic E-state index is 11.7. The van der Waals surface area contributed by atoms with Crippen LogP contribution >= 0.6 is 0 Å². The minimum atomic E-state index is -0.0636. The fourth-order valence-electron chi connectivity index (χ4n) is 3.28. The summed E-state index contributed by atoms with van der Waals surface area (Å²) in [7, 11) is 0. The van der Waals surface area contributed by atoms with E-state index in [-0.39, 0.29) is 12.1 Å². The Morgan fingerprint density at radius 3 is 2.53 bits per heavy atom. The summed E-state index contributed by atoms with van der Waals surface area (Å²) in [6.07, 6.45) is 2.76. The quantitative estimate of drug-likeness (QED) is 0.551. The molecule has 0 amide bonds. The Kier molecular flexibility index (Phi) is 3.09. The van der Waals surface area contributed by atoms with Gasteiger partial charge in [0, 0.05) is 6.42 Å². The highest BCUT2D eigenvalue weighted by molar-refractivity contribution is 5.70.